The summed E-state index contributed by atoms with van der Waals surface area (Å²) < 4.78 is 80.8. The van der Waals surface area contributed by atoms with Gasteiger partial charge in [-0.2, -0.15) is 31.4 Å². The Labute approximate surface area is 173 Å². The van der Waals surface area contributed by atoms with Gasteiger partial charge in [0.1, 0.15) is 11.0 Å². The van der Waals surface area contributed by atoms with Crippen LogP contribution in [0.3, 0.4) is 0 Å². The second kappa shape index (κ2) is 6.87. The van der Waals surface area contributed by atoms with Crippen molar-refractivity contribution < 1.29 is 26.3 Å². The number of rotatable bonds is 3. The molecule has 14 heteroatoms. The molecule has 0 radical (unpaired) electrons. The topological polar surface area (TPSA) is 55.4 Å². The van der Waals surface area contributed by atoms with Gasteiger partial charge in [-0.15, -0.1) is 0 Å². The third-order valence-corrected chi connectivity index (χ3v) is 6.11. The number of thiazole rings is 1. The first kappa shape index (κ1) is 21.0. The van der Waals surface area contributed by atoms with Crippen LogP contribution in [-0.4, -0.2) is 31.8 Å². The van der Waals surface area contributed by atoms with Crippen LogP contribution in [0.2, 0.25) is 5.15 Å². The van der Waals surface area contributed by atoms with E-state index in [2.05, 4.69) is 10.1 Å². The van der Waals surface area contributed by atoms with Gasteiger partial charge in [-0.25, -0.2) is 14.1 Å². The van der Waals surface area contributed by atoms with Crippen LogP contribution in [-0.2, 0) is 18.9 Å². The number of anilines is 1. The number of fused-ring (bicyclic) bond motifs is 1. The lowest BCUT2D eigenvalue weighted by molar-refractivity contribution is -0.141. The van der Waals surface area contributed by atoms with E-state index in [4.69, 9.17) is 11.6 Å². The monoisotopic (exact) mass is 471 g/mol. The quantitative estimate of drug-likeness (QED) is 0.535. The van der Waals surface area contributed by atoms with E-state index < -0.39 is 35.0 Å². The summed E-state index contributed by atoms with van der Waals surface area (Å²) in [6.07, 6.45) is -8.72. The number of aromatic nitrogens is 4. The van der Waals surface area contributed by atoms with E-state index >= 15 is 0 Å². The highest BCUT2D eigenvalue weighted by molar-refractivity contribution is 7.17. The van der Waals surface area contributed by atoms with Crippen molar-refractivity contribution in [2.24, 2.45) is 0 Å². The fourth-order valence-corrected chi connectivity index (χ4v) is 4.39. The third kappa shape index (κ3) is 3.53. The minimum absolute atomic E-state index is 0.0584. The summed E-state index contributed by atoms with van der Waals surface area (Å²) in [5.74, 6) is -0.262. The van der Waals surface area contributed by atoms with Crippen molar-refractivity contribution in [1.82, 2.24) is 19.2 Å². The average molecular weight is 472 g/mol. The van der Waals surface area contributed by atoms with Crippen LogP contribution in [0, 0.1) is 0 Å². The SMILES string of the molecule is C[C@H]1CCN1c1c(C(F)(F)F)sc2nc(Cn3nc(C(F)(F)F)cc3Cl)cc(=O)n12. The largest absolute Gasteiger partial charge is 0.435 e. The van der Waals surface area contributed by atoms with Gasteiger partial charge in [-0.3, -0.25) is 4.79 Å². The zero-order valence-electron chi connectivity index (χ0n) is 15.1. The minimum atomic E-state index is -4.72. The number of halogens is 7. The van der Waals surface area contributed by atoms with Gasteiger partial charge < -0.3 is 4.90 Å². The van der Waals surface area contributed by atoms with Gasteiger partial charge in [0.05, 0.1) is 12.2 Å². The number of nitrogens with zero attached hydrogens (tertiary/aromatic N) is 5. The van der Waals surface area contributed by atoms with Gasteiger partial charge in [0.25, 0.3) is 5.56 Å². The summed E-state index contributed by atoms with van der Waals surface area (Å²) >= 11 is 6.07. The molecular weight excluding hydrogens is 460 g/mol. The Balaban J connectivity index is 1.80. The maximum Gasteiger partial charge on any atom is 0.435 e. The lowest BCUT2D eigenvalue weighted by atomic mass is 10.1. The summed E-state index contributed by atoms with van der Waals surface area (Å²) in [6, 6.07) is 1.42. The van der Waals surface area contributed by atoms with Gasteiger partial charge in [0.15, 0.2) is 15.5 Å². The Bertz CT molecular complexity index is 1180. The van der Waals surface area contributed by atoms with Gasteiger partial charge in [-0.05, 0) is 13.3 Å². The average Bonchev–Trinajstić information content (AvgIpc) is 3.15. The predicted octanol–water partition coefficient (Wildman–Crippen LogP) is 4.29. The van der Waals surface area contributed by atoms with Crippen molar-refractivity contribution in [3.05, 3.63) is 43.9 Å². The molecule has 30 heavy (non-hydrogen) atoms. The first-order valence-electron chi connectivity index (χ1n) is 8.56. The van der Waals surface area contributed by atoms with Gasteiger partial charge >= 0.3 is 12.4 Å². The van der Waals surface area contributed by atoms with E-state index in [1.165, 1.54) is 4.90 Å². The highest BCUT2D eigenvalue weighted by Gasteiger charge is 2.42. The molecule has 0 saturated carbocycles. The van der Waals surface area contributed by atoms with Crippen molar-refractivity contribution in [3.63, 3.8) is 0 Å². The Kier molecular flexibility index (Phi) is 4.80. The fourth-order valence-electron chi connectivity index (χ4n) is 3.16. The Morgan fingerprint density at radius 1 is 1.20 bits per heavy atom. The molecule has 0 bridgehead atoms. The van der Waals surface area contributed by atoms with Gasteiger partial charge in [0, 0.05) is 24.7 Å². The lowest BCUT2D eigenvalue weighted by Crippen LogP contribution is -2.47. The highest BCUT2D eigenvalue weighted by atomic mass is 35.5. The molecule has 0 unspecified atom stereocenters. The number of alkyl halides is 6. The molecule has 4 rings (SSSR count). The second-order valence-electron chi connectivity index (χ2n) is 6.80. The smallest absolute Gasteiger partial charge is 0.354 e. The molecule has 6 nitrogen and oxygen atoms in total. The number of hydrogen-bond acceptors (Lipinski definition) is 5. The van der Waals surface area contributed by atoms with E-state index in [9.17, 15) is 31.1 Å². The molecule has 3 aromatic rings. The van der Waals surface area contributed by atoms with Crippen LogP contribution in [0.5, 0.6) is 0 Å². The molecule has 162 valence electrons. The van der Waals surface area contributed by atoms with E-state index in [1.807, 2.05) is 0 Å². The fraction of sp³-hybridized carbons (Fsp3) is 0.438. The van der Waals surface area contributed by atoms with E-state index in [1.54, 1.807) is 6.92 Å². The molecule has 1 aliphatic rings. The van der Waals surface area contributed by atoms with Crippen LogP contribution in [0.1, 0.15) is 29.6 Å². The molecular formula is C16H12ClF6N5OS. The molecule has 1 fully saturated rings. The van der Waals surface area contributed by atoms with Crippen molar-refractivity contribution in [2.75, 3.05) is 11.4 Å². The van der Waals surface area contributed by atoms with Crippen molar-refractivity contribution in [2.45, 2.75) is 38.3 Å². The molecule has 3 aromatic heterocycles. The first-order chi connectivity index (χ1) is 13.9. The normalized spacial score (nSPS) is 17.6. The summed E-state index contributed by atoms with van der Waals surface area (Å²) in [7, 11) is 0. The second-order valence-corrected chi connectivity index (χ2v) is 8.16. The molecule has 0 spiro atoms. The van der Waals surface area contributed by atoms with Crippen LogP contribution in [0.25, 0.3) is 4.96 Å². The summed E-state index contributed by atoms with van der Waals surface area (Å²) in [5.41, 5.74) is -2.05. The molecule has 0 N–H and O–H groups in total. The zero-order valence-corrected chi connectivity index (χ0v) is 16.6. The summed E-state index contributed by atoms with van der Waals surface area (Å²) in [6.45, 7) is 1.71. The zero-order chi connectivity index (χ0) is 22.0. The molecule has 1 saturated heterocycles. The maximum absolute atomic E-state index is 13.6. The first-order valence-corrected chi connectivity index (χ1v) is 9.75. The van der Waals surface area contributed by atoms with Gasteiger partial charge in [-0.1, -0.05) is 22.9 Å². The molecule has 0 amide bonds. The molecule has 0 aliphatic carbocycles. The van der Waals surface area contributed by atoms with Gasteiger partial charge in [0.2, 0.25) is 0 Å². The van der Waals surface area contributed by atoms with Crippen molar-refractivity contribution in [3.8, 4) is 0 Å². The summed E-state index contributed by atoms with van der Waals surface area (Å²) in [4.78, 5) is 17.0. The molecule has 1 atom stereocenters. The molecule has 4 heterocycles. The Hall–Kier alpha value is -2.28. The van der Waals surface area contributed by atoms with Crippen molar-refractivity contribution >= 4 is 33.7 Å². The molecule has 1 aliphatic heterocycles. The Morgan fingerprint density at radius 2 is 1.90 bits per heavy atom. The van der Waals surface area contributed by atoms with Crippen LogP contribution >= 0.6 is 22.9 Å². The maximum atomic E-state index is 13.6. The minimum Gasteiger partial charge on any atom is -0.354 e. The van der Waals surface area contributed by atoms with E-state index in [-0.39, 0.29) is 27.7 Å². The Morgan fingerprint density at radius 3 is 2.40 bits per heavy atom. The van der Waals surface area contributed by atoms with E-state index in [0.29, 0.717) is 30.4 Å². The lowest BCUT2D eigenvalue weighted by Gasteiger charge is -2.40. The number of hydrogen-bond donors (Lipinski definition) is 0. The molecule has 0 aromatic carbocycles. The van der Waals surface area contributed by atoms with Crippen LogP contribution in [0.15, 0.2) is 16.9 Å². The third-order valence-electron chi connectivity index (χ3n) is 4.73. The van der Waals surface area contributed by atoms with Crippen LogP contribution < -0.4 is 10.5 Å². The standard InChI is InChI=1S/C16H12ClF6N5OS/c1-7-2-3-26(7)13-12(16(21,22)23)30-14-24-8(4-11(29)28(13)14)6-27-10(17)5-9(25-27)15(18,19)20/h4-5,7H,2-3,6H2,1H3/t7-/m0/s1. The van der Waals surface area contributed by atoms with Crippen molar-refractivity contribution in [1.29, 1.82) is 0 Å². The van der Waals surface area contributed by atoms with Crippen LogP contribution in [0.4, 0.5) is 32.2 Å². The summed E-state index contributed by atoms with van der Waals surface area (Å²) in [5, 5.41) is 2.99. The highest BCUT2D eigenvalue weighted by Crippen LogP contribution is 2.44. The van der Waals surface area contributed by atoms with E-state index in [0.717, 1.165) is 15.1 Å². The predicted molar refractivity (Wildman–Crippen MR) is 97.1 cm³/mol.